The van der Waals surface area contributed by atoms with Crippen molar-refractivity contribution in [2.45, 2.75) is 64.2 Å². The smallest absolute Gasteiger partial charge is 0.207 e. The first-order valence-electron chi connectivity index (χ1n) is 13.0. The number of anilines is 2. The Morgan fingerprint density at radius 3 is 2.60 bits per heavy atom. The van der Waals surface area contributed by atoms with E-state index in [1.165, 1.54) is 37.6 Å². The SMILES string of the molecule is CCN(CC1CCC(C)CC1)c1ncnc(NC[C@@]2(O)CCN(Cc3ccccc3)C[C@@H]2O)c1F. The van der Waals surface area contributed by atoms with E-state index >= 15 is 4.39 Å². The van der Waals surface area contributed by atoms with Crippen molar-refractivity contribution < 1.29 is 14.6 Å². The lowest BCUT2D eigenvalue weighted by atomic mass is 9.83. The molecule has 1 aliphatic carbocycles. The third-order valence-electron chi connectivity index (χ3n) is 7.79. The molecule has 35 heavy (non-hydrogen) atoms. The number of nitrogens with zero attached hydrogens (tertiary/aromatic N) is 4. The zero-order valence-corrected chi connectivity index (χ0v) is 21.0. The number of hydrogen-bond donors (Lipinski definition) is 3. The first-order chi connectivity index (χ1) is 16.9. The molecule has 1 saturated heterocycles. The molecule has 0 radical (unpaired) electrons. The van der Waals surface area contributed by atoms with Gasteiger partial charge in [-0.3, -0.25) is 4.90 Å². The van der Waals surface area contributed by atoms with E-state index in [0.29, 0.717) is 37.8 Å². The van der Waals surface area contributed by atoms with E-state index in [1.807, 2.05) is 30.0 Å². The minimum Gasteiger partial charge on any atom is -0.389 e. The van der Waals surface area contributed by atoms with Gasteiger partial charge in [0.2, 0.25) is 5.82 Å². The maximum Gasteiger partial charge on any atom is 0.207 e. The van der Waals surface area contributed by atoms with Crippen molar-refractivity contribution in [3.8, 4) is 0 Å². The molecule has 1 aliphatic heterocycles. The van der Waals surface area contributed by atoms with Crippen LogP contribution < -0.4 is 10.2 Å². The van der Waals surface area contributed by atoms with Gasteiger partial charge in [-0.15, -0.1) is 0 Å². The summed E-state index contributed by atoms with van der Waals surface area (Å²) < 4.78 is 15.4. The number of β-amino-alcohol motifs (C(OH)–C–C–N with tert-alkyl or cyclic N) is 1. The van der Waals surface area contributed by atoms with E-state index in [9.17, 15) is 10.2 Å². The maximum absolute atomic E-state index is 15.4. The Kier molecular flexibility index (Phi) is 8.57. The van der Waals surface area contributed by atoms with Crippen LogP contribution >= 0.6 is 0 Å². The molecule has 3 N–H and O–H groups in total. The number of piperidine rings is 1. The molecular weight excluding hydrogens is 445 g/mol. The van der Waals surface area contributed by atoms with Gasteiger partial charge in [0.1, 0.15) is 11.9 Å². The van der Waals surface area contributed by atoms with E-state index in [-0.39, 0.29) is 12.4 Å². The van der Waals surface area contributed by atoms with Crippen LogP contribution in [-0.2, 0) is 6.54 Å². The fourth-order valence-electron chi connectivity index (χ4n) is 5.35. The molecular formula is C27H40FN5O2. The maximum atomic E-state index is 15.4. The largest absolute Gasteiger partial charge is 0.389 e. The summed E-state index contributed by atoms with van der Waals surface area (Å²) in [6, 6.07) is 10.1. The Labute approximate surface area is 208 Å². The van der Waals surface area contributed by atoms with E-state index in [0.717, 1.165) is 19.0 Å². The molecule has 0 bridgehead atoms. The molecule has 8 heteroatoms. The van der Waals surface area contributed by atoms with Crippen LogP contribution in [0.1, 0.15) is 51.5 Å². The van der Waals surface area contributed by atoms with Crippen LogP contribution in [0.4, 0.5) is 16.0 Å². The monoisotopic (exact) mass is 485 g/mol. The molecule has 7 nitrogen and oxygen atoms in total. The molecule has 4 rings (SSSR count). The molecule has 2 heterocycles. The Morgan fingerprint density at radius 1 is 1.17 bits per heavy atom. The standard InChI is InChI=1S/C27H40FN5O2/c1-3-33(16-22-11-9-20(2)10-12-22)26-24(28)25(30-19-31-26)29-18-27(35)13-14-32(17-23(27)34)15-21-7-5-4-6-8-21/h4-8,19-20,22-23,34-35H,3,9-18H2,1-2H3,(H,29,30,31)/t20?,22?,23-,27-/m0/s1. The summed E-state index contributed by atoms with van der Waals surface area (Å²) in [4.78, 5) is 12.5. The highest BCUT2D eigenvalue weighted by molar-refractivity contribution is 5.51. The number of benzene rings is 1. The van der Waals surface area contributed by atoms with Crippen LogP contribution in [0.2, 0.25) is 0 Å². The minimum atomic E-state index is -1.35. The van der Waals surface area contributed by atoms with Gasteiger partial charge in [-0.1, -0.05) is 50.1 Å². The average Bonchev–Trinajstić information content (AvgIpc) is 2.86. The summed E-state index contributed by atoms with van der Waals surface area (Å²) in [6.07, 6.45) is 5.60. The molecule has 0 spiro atoms. The highest BCUT2D eigenvalue weighted by Gasteiger charge is 2.40. The molecule has 1 saturated carbocycles. The third-order valence-corrected chi connectivity index (χ3v) is 7.79. The molecule has 2 aromatic rings. The number of aromatic nitrogens is 2. The summed E-state index contributed by atoms with van der Waals surface area (Å²) in [5.41, 5.74) is -0.185. The topological polar surface area (TPSA) is 84.8 Å². The number of aliphatic hydroxyl groups is 2. The molecule has 2 atom stereocenters. The zero-order valence-electron chi connectivity index (χ0n) is 21.0. The Hall–Kier alpha value is -2.29. The summed E-state index contributed by atoms with van der Waals surface area (Å²) in [6.45, 7) is 7.51. The molecule has 1 aromatic heterocycles. The van der Waals surface area contributed by atoms with Crippen LogP contribution in [0, 0.1) is 17.7 Å². The lowest BCUT2D eigenvalue weighted by Gasteiger charge is -2.42. The van der Waals surface area contributed by atoms with Crippen LogP contribution in [-0.4, -0.2) is 69.5 Å². The summed E-state index contributed by atoms with van der Waals surface area (Å²) >= 11 is 0. The van der Waals surface area contributed by atoms with Crippen molar-refractivity contribution in [1.82, 2.24) is 14.9 Å². The molecule has 0 unspecified atom stereocenters. The summed E-state index contributed by atoms with van der Waals surface area (Å²) in [5.74, 6) is 1.19. The van der Waals surface area contributed by atoms with Crippen molar-refractivity contribution in [1.29, 1.82) is 0 Å². The minimum absolute atomic E-state index is 0.0212. The van der Waals surface area contributed by atoms with Crippen LogP contribution in [0.25, 0.3) is 0 Å². The van der Waals surface area contributed by atoms with Crippen LogP contribution in [0.3, 0.4) is 0 Å². The highest BCUT2D eigenvalue weighted by atomic mass is 19.1. The second-order valence-electron chi connectivity index (χ2n) is 10.5. The summed E-state index contributed by atoms with van der Waals surface area (Å²) in [7, 11) is 0. The van der Waals surface area contributed by atoms with Gasteiger partial charge in [0.05, 0.1) is 6.10 Å². The predicted molar refractivity (Wildman–Crippen MR) is 137 cm³/mol. The number of nitrogens with one attached hydrogen (secondary N) is 1. The molecule has 2 fully saturated rings. The quantitative estimate of drug-likeness (QED) is 0.500. The predicted octanol–water partition coefficient (Wildman–Crippen LogP) is 3.68. The highest BCUT2D eigenvalue weighted by Crippen LogP contribution is 2.31. The van der Waals surface area contributed by atoms with Gasteiger partial charge in [0.15, 0.2) is 11.6 Å². The van der Waals surface area contributed by atoms with Gasteiger partial charge in [-0.25, -0.2) is 9.97 Å². The second-order valence-corrected chi connectivity index (χ2v) is 10.5. The first-order valence-corrected chi connectivity index (χ1v) is 13.0. The molecule has 0 amide bonds. The number of halogens is 1. The number of aliphatic hydroxyl groups excluding tert-OH is 1. The Bertz CT molecular complexity index is 940. The molecule has 192 valence electrons. The van der Waals surface area contributed by atoms with Crippen LogP contribution in [0.15, 0.2) is 36.7 Å². The third kappa shape index (κ3) is 6.48. The van der Waals surface area contributed by atoms with Gasteiger partial charge in [-0.2, -0.15) is 4.39 Å². The number of hydrogen-bond acceptors (Lipinski definition) is 7. The number of likely N-dealkylation sites (tertiary alicyclic amines) is 1. The average molecular weight is 486 g/mol. The van der Waals surface area contributed by atoms with Gasteiger partial charge in [0.25, 0.3) is 0 Å². The van der Waals surface area contributed by atoms with E-state index in [2.05, 4.69) is 39.2 Å². The fraction of sp³-hybridized carbons (Fsp3) is 0.630. The molecule has 1 aromatic carbocycles. The van der Waals surface area contributed by atoms with Gasteiger partial charge in [-0.05, 0) is 43.6 Å². The van der Waals surface area contributed by atoms with Crippen LogP contribution in [0.5, 0.6) is 0 Å². The van der Waals surface area contributed by atoms with E-state index in [4.69, 9.17) is 0 Å². The van der Waals surface area contributed by atoms with E-state index < -0.39 is 17.5 Å². The van der Waals surface area contributed by atoms with Gasteiger partial charge in [0, 0.05) is 39.3 Å². The first kappa shape index (κ1) is 25.8. The lowest BCUT2D eigenvalue weighted by Crippen LogP contribution is -2.58. The Morgan fingerprint density at radius 2 is 1.91 bits per heavy atom. The van der Waals surface area contributed by atoms with Crippen molar-refractivity contribution >= 4 is 11.6 Å². The van der Waals surface area contributed by atoms with Crippen molar-refractivity contribution in [3.63, 3.8) is 0 Å². The van der Waals surface area contributed by atoms with Gasteiger partial charge >= 0.3 is 0 Å². The summed E-state index contributed by atoms with van der Waals surface area (Å²) in [5, 5.41) is 24.8. The van der Waals surface area contributed by atoms with Crippen molar-refractivity contribution in [2.24, 2.45) is 11.8 Å². The molecule has 2 aliphatic rings. The zero-order chi connectivity index (χ0) is 24.8. The fourth-order valence-corrected chi connectivity index (χ4v) is 5.35. The van der Waals surface area contributed by atoms with Gasteiger partial charge < -0.3 is 20.4 Å². The van der Waals surface area contributed by atoms with Crippen molar-refractivity contribution in [2.75, 3.05) is 42.9 Å². The Balaban J connectivity index is 1.35. The van der Waals surface area contributed by atoms with E-state index in [1.54, 1.807) is 0 Å². The van der Waals surface area contributed by atoms with Crippen molar-refractivity contribution in [3.05, 3.63) is 48.0 Å². The number of rotatable bonds is 9. The second kappa shape index (κ2) is 11.6. The lowest BCUT2D eigenvalue weighted by molar-refractivity contribution is -0.111. The normalized spacial score (nSPS) is 27.5.